The van der Waals surface area contributed by atoms with Crippen molar-refractivity contribution in [3.05, 3.63) is 112 Å². The Morgan fingerprint density at radius 3 is 2.45 bits per heavy atom. The van der Waals surface area contributed by atoms with Crippen LogP contribution in [0.1, 0.15) is 23.9 Å². The maximum absolute atomic E-state index is 13.1. The first-order chi connectivity index (χ1) is 16.1. The lowest BCUT2D eigenvalue weighted by molar-refractivity contribution is -0.127. The maximum Gasteiger partial charge on any atom is 0.258 e. The van der Waals surface area contributed by atoms with Crippen LogP contribution in [-0.2, 0) is 17.9 Å². The lowest BCUT2D eigenvalue weighted by Crippen LogP contribution is -2.30. The van der Waals surface area contributed by atoms with Crippen molar-refractivity contribution in [2.75, 3.05) is 6.61 Å². The lowest BCUT2D eigenvalue weighted by Gasteiger charge is -2.21. The molecule has 1 amide bonds. The summed E-state index contributed by atoms with van der Waals surface area (Å²) in [4.78, 5) is 34.6. The molecule has 1 heterocycles. The summed E-state index contributed by atoms with van der Waals surface area (Å²) in [6.07, 6.45) is 3.31. The van der Waals surface area contributed by atoms with Crippen LogP contribution in [0.4, 0.5) is 0 Å². The predicted molar refractivity (Wildman–Crippen MR) is 130 cm³/mol. The molecule has 33 heavy (non-hydrogen) atoms. The van der Waals surface area contributed by atoms with Crippen molar-refractivity contribution in [1.29, 1.82) is 0 Å². The summed E-state index contributed by atoms with van der Waals surface area (Å²) in [6, 6.07) is 24.5. The van der Waals surface area contributed by atoms with E-state index < -0.39 is 0 Å². The molecule has 166 valence electrons. The largest absolute Gasteiger partial charge is 0.494 e. The second-order valence-electron chi connectivity index (χ2n) is 7.55. The number of ether oxygens (including phenoxy) is 1. The number of para-hydroxylation sites is 1. The van der Waals surface area contributed by atoms with E-state index in [0.717, 1.165) is 16.9 Å². The van der Waals surface area contributed by atoms with Crippen LogP contribution in [0.15, 0.2) is 89.7 Å². The van der Waals surface area contributed by atoms with Gasteiger partial charge in [0.25, 0.3) is 5.56 Å². The Labute approximate surface area is 192 Å². The van der Waals surface area contributed by atoms with Crippen LogP contribution in [0.25, 0.3) is 17.0 Å². The van der Waals surface area contributed by atoms with Crippen molar-refractivity contribution in [2.45, 2.75) is 20.0 Å². The molecule has 0 spiro atoms. The van der Waals surface area contributed by atoms with Crippen LogP contribution in [-0.4, -0.2) is 27.4 Å². The number of hydrogen-bond donors (Lipinski definition) is 1. The zero-order valence-corrected chi connectivity index (χ0v) is 18.4. The fourth-order valence-electron chi connectivity index (χ4n) is 3.52. The van der Waals surface area contributed by atoms with E-state index in [2.05, 4.69) is 9.97 Å². The van der Waals surface area contributed by atoms with Crippen LogP contribution < -0.4 is 10.3 Å². The smallest absolute Gasteiger partial charge is 0.258 e. The molecule has 0 atom stereocenters. The molecule has 0 aliphatic heterocycles. The number of carbonyl (C=O) groups is 1. The standard InChI is InChI=1S/C27H25N3O3/c1-2-33-22-15-12-20(13-16-22)14-17-26(31)30(18-21-8-4-3-5-9-21)19-25-28-24-11-7-6-10-23(24)27(32)29-25/h3-17H,2,18-19H2,1H3,(H,28,29,32)/b17-14+. The quantitative estimate of drug-likeness (QED) is 0.408. The molecular weight excluding hydrogens is 414 g/mol. The first kappa shape index (κ1) is 22.0. The molecule has 1 N–H and O–H groups in total. The highest BCUT2D eigenvalue weighted by molar-refractivity contribution is 5.91. The highest BCUT2D eigenvalue weighted by Crippen LogP contribution is 2.15. The highest BCUT2D eigenvalue weighted by Gasteiger charge is 2.15. The Balaban J connectivity index is 1.57. The van der Waals surface area contributed by atoms with Gasteiger partial charge in [-0.1, -0.05) is 54.6 Å². The van der Waals surface area contributed by atoms with E-state index in [4.69, 9.17) is 4.74 Å². The van der Waals surface area contributed by atoms with E-state index in [0.29, 0.717) is 29.9 Å². The number of benzene rings is 3. The van der Waals surface area contributed by atoms with Crippen LogP contribution >= 0.6 is 0 Å². The molecule has 6 nitrogen and oxygen atoms in total. The number of hydrogen-bond acceptors (Lipinski definition) is 4. The zero-order valence-electron chi connectivity index (χ0n) is 18.4. The minimum absolute atomic E-state index is 0.177. The van der Waals surface area contributed by atoms with Crippen LogP contribution in [0.5, 0.6) is 5.75 Å². The number of aromatic nitrogens is 2. The third kappa shape index (κ3) is 5.74. The van der Waals surface area contributed by atoms with Crippen molar-refractivity contribution < 1.29 is 9.53 Å². The summed E-state index contributed by atoms with van der Waals surface area (Å²) in [5, 5.41) is 0.526. The number of amides is 1. The van der Waals surface area contributed by atoms with Crippen molar-refractivity contribution in [1.82, 2.24) is 14.9 Å². The van der Waals surface area contributed by atoms with Gasteiger partial charge in [0.15, 0.2) is 0 Å². The molecular formula is C27H25N3O3. The average molecular weight is 440 g/mol. The van der Waals surface area contributed by atoms with Gasteiger partial charge in [0.05, 0.1) is 24.1 Å². The Morgan fingerprint density at radius 1 is 0.970 bits per heavy atom. The van der Waals surface area contributed by atoms with Gasteiger partial charge in [-0.25, -0.2) is 4.98 Å². The monoisotopic (exact) mass is 439 g/mol. The highest BCUT2D eigenvalue weighted by atomic mass is 16.5. The van der Waals surface area contributed by atoms with Gasteiger partial charge < -0.3 is 14.6 Å². The Kier molecular flexibility index (Phi) is 6.95. The van der Waals surface area contributed by atoms with Gasteiger partial charge in [0, 0.05) is 12.6 Å². The molecule has 0 saturated carbocycles. The molecule has 4 aromatic rings. The van der Waals surface area contributed by atoms with Gasteiger partial charge in [-0.3, -0.25) is 9.59 Å². The molecule has 0 fully saturated rings. The second kappa shape index (κ2) is 10.4. The summed E-state index contributed by atoms with van der Waals surface area (Å²) in [7, 11) is 0. The third-order valence-corrected chi connectivity index (χ3v) is 5.14. The van der Waals surface area contributed by atoms with Crippen LogP contribution in [0.2, 0.25) is 0 Å². The summed E-state index contributed by atoms with van der Waals surface area (Å²) in [5.41, 5.74) is 2.27. The van der Waals surface area contributed by atoms with Crippen molar-refractivity contribution in [3.8, 4) is 5.75 Å². The Bertz CT molecular complexity index is 1310. The van der Waals surface area contributed by atoms with Gasteiger partial charge in [0.2, 0.25) is 5.91 Å². The molecule has 4 rings (SSSR count). The SMILES string of the molecule is CCOc1ccc(/C=C/C(=O)N(Cc2ccccc2)Cc2nc3ccccc3c(=O)[nH]2)cc1. The van der Waals surface area contributed by atoms with E-state index in [1.54, 1.807) is 29.2 Å². The van der Waals surface area contributed by atoms with Gasteiger partial charge >= 0.3 is 0 Å². The molecule has 1 aromatic heterocycles. The Morgan fingerprint density at radius 2 is 1.70 bits per heavy atom. The predicted octanol–water partition coefficient (Wildman–Crippen LogP) is 4.56. The number of nitrogens with zero attached hydrogens (tertiary/aromatic N) is 2. The molecule has 3 aromatic carbocycles. The topological polar surface area (TPSA) is 75.3 Å². The van der Waals surface area contributed by atoms with E-state index in [9.17, 15) is 9.59 Å². The molecule has 0 radical (unpaired) electrons. The summed E-state index contributed by atoms with van der Waals surface area (Å²) in [5.74, 6) is 1.05. The summed E-state index contributed by atoms with van der Waals surface area (Å²) < 4.78 is 5.46. The van der Waals surface area contributed by atoms with E-state index in [1.165, 1.54) is 6.08 Å². The van der Waals surface area contributed by atoms with Crippen molar-refractivity contribution in [3.63, 3.8) is 0 Å². The minimum Gasteiger partial charge on any atom is -0.494 e. The number of H-pyrrole nitrogens is 1. The lowest BCUT2D eigenvalue weighted by atomic mass is 10.2. The van der Waals surface area contributed by atoms with Gasteiger partial charge in [-0.05, 0) is 48.4 Å². The summed E-state index contributed by atoms with van der Waals surface area (Å²) in [6.45, 7) is 3.11. The molecule has 0 unspecified atom stereocenters. The van der Waals surface area contributed by atoms with Gasteiger partial charge in [-0.2, -0.15) is 0 Å². The van der Waals surface area contributed by atoms with Gasteiger partial charge in [0.1, 0.15) is 11.6 Å². The molecule has 0 aliphatic carbocycles. The first-order valence-corrected chi connectivity index (χ1v) is 10.8. The first-order valence-electron chi connectivity index (χ1n) is 10.8. The number of rotatable bonds is 8. The number of nitrogens with one attached hydrogen (secondary N) is 1. The molecule has 0 aliphatic rings. The number of carbonyl (C=O) groups excluding carboxylic acids is 1. The normalized spacial score (nSPS) is 11.1. The minimum atomic E-state index is -0.215. The van der Waals surface area contributed by atoms with Crippen molar-refractivity contribution >= 4 is 22.9 Å². The Hall–Kier alpha value is -4.19. The van der Waals surface area contributed by atoms with E-state index in [1.807, 2.05) is 67.6 Å². The van der Waals surface area contributed by atoms with Crippen LogP contribution in [0, 0.1) is 0 Å². The van der Waals surface area contributed by atoms with E-state index >= 15 is 0 Å². The van der Waals surface area contributed by atoms with Gasteiger partial charge in [-0.15, -0.1) is 0 Å². The molecule has 0 bridgehead atoms. The summed E-state index contributed by atoms with van der Waals surface area (Å²) >= 11 is 0. The van der Waals surface area contributed by atoms with E-state index in [-0.39, 0.29) is 18.0 Å². The third-order valence-electron chi connectivity index (χ3n) is 5.14. The number of fused-ring (bicyclic) bond motifs is 1. The van der Waals surface area contributed by atoms with Crippen LogP contribution in [0.3, 0.4) is 0 Å². The molecule has 0 saturated heterocycles. The fraction of sp³-hybridized carbons (Fsp3) is 0.148. The average Bonchev–Trinajstić information content (AvgIpc) is 2.84. The molecule has 6 heteroatoms. The fourth-order valence-corrected chi connectivity index (χ4v) is 3.52. The maximum atomic E-state index is 13.1. The number of aromatic amines is 1. The van der Waals surface area contributed by atoms with Crippen molar-refractivity contribution in [2.24, 2.45) is 0 Å². The zero-order chi connectivity index (χ0) is 23.0. The second-order valence-corrected chi connectivity index (χ2v) is 7.55.